The molecule has 13 heavy (non-hydrogen) atoms. The van der Waals surface area contributed by atoms with E-state index >= 15 is 0 Å². The summed E-state index contributed by atoms with van der Waals surface area (Å²) in [5.41, 5.74) is 3.77. The summed E-state index contributed by atoms with van der Waals surface area (Å²) >= 11 is 0. The van der Waals surface area contributed by atoms with Gasteiger partial charge in [-0.05, 0) is 44.6 Å². The van der Waals surface area contributed by atoms with Gasteiger partial charge in [0.05, 0.1) is 0 Å². The topological polar surface area (TPSA) is 12.4 Å². The standard InChI is InChI=1S/C12H19N/c1-9(2)8-13-12-10(3)6-5-7-11(12)4/h8,10H,1,5-7H2,2-4H3/b13-8-. The first-order chi connectivity index (χ1) is 6.11. The summed E-state index contributed by atoms with van der Waals surface area (Å²) in [6, 6.07) is 0. The maximum Gasteiger partial charge on any atom is 0.0421 e. The van der Waals surface area contributed by atoms with E-state index in [2.05, 4.69) is 25.4 Å². The maximum atomic E-state index is 4.50. The Balaban J connectivity index is 2.80. The second kappa shape index (κ2) is 4.40. The third-order valence-electron chi connectivity index (χ3n) is 2.52. The van der Waals surface area contributed by atoms with Gasteiger partial charge in [0.25, 0.3) is 0 Å². The molecule has 0 N–H and O–H groups in total. The average molecular weight is 177 g/mol. The highest BCUT2D eigenvalue weighted by atomic mass is 14.7. The molecule has 0 saturated carbocycles. The van der Waals surface area contributed by atoms with Crippen molar-refractivity contribution in [2.24, 2.45) is 10.9 Å². The summed E-state index contributed by atoms with van der Waals surface area (Å²) in [7, 11) is 0. The molecule has 1 atom stereocenters. The van der Waals surface area contributed by atoms with Crippen molar-refractivity contribution in [3.8, 4) is 0 Å². The Morgan fingerprint density at radius 1 is 1.62 bits per heavy atom. The van der Waals surface area contributed by atoms with Gasteiger partial charge >= 0.3 is 0 Å². The molecule has 1 heteroatoms. The number of nitrogens with zero attached hydrogens (tertiary/aromatic N) is 1. The molecule has 0 radical (unpaired) electrons. The van der Waals surface area contributed by atoms with Crippen LogP contribution >= 0.6 is 0 Å². The number of allylic oxidation sites excluding steroid dienone is 3. The number of aliphatic imine (C=N–C) groups is 1. The minimum atomic E-state index is 0.629. The fourth-order valence-electron chi connectivity index (χ4n) is 1.78. The lowest BCUT2D eigenvalue weighted by atomic mass is 9.89. The van der Waals surface area contributed by atoms with Gasteiger partial charge in [-0.3, -0.25) is 4.99 Å². The Bertz CT molecular complexity index is 258. The fourth-order valence-corrected chi connectivity index (χ4v) is 1.78. The van der Waals surface area contributed by atoms with Crippen LogP contribution in [0.1, 0.15) is 40.0 Å². The zero-order chi connectivity index (χ0) is 9.84. The molecule has 0 aromatic rings. The minimum Gasteiger partial charge on any atom is -0.261 e. The van der Waals surface area contributed by atoms with Crippen LogP contribution in [-0.2, 0) is 0 Å². The van der Waals surface area contributed by atoms with Crippen LogP contribution in [0.5, 0.6) is 0 Å². The first kappa shape index (κ1) is 10.2. The van der Waals surface area contributed by atoms with Gasteiger partial charge in [0.2, 0.25) is 0 Å². The molecule has 1 unspecified atom stereocenters. The van der Waals surface area contributed by atoms with E-state index in [-0.39, 0.29) is 0 Å². The SMILES string of the molecule is C=C(C)/C=N\C1=C(C)CCCC1C. The van der Waals surface area contributed by atoms with Crippen LogP contribution in [0.2, 0.25) is 0 Å². The Morgan fingerprint density at radius 3 is 2.85 bits per heavy atom. The van der Waals surface area contributed by atoms with Crippen LogP contribution in [0.15, 0.2) is 28.4 Å². The Kier molecular flexibility index (Phi) is 3.47. The molecule has 0 bridgehead atoms. The molecule has 1 nitrogen and oxygen atoms in total. The van der Waals surface area contributed by atoms with Crippen molar-refractivity contribution in [1.29, 1.82) is 0 Å². The lowest BCUT2D eigenvalue weighted by molar-refractivity contribution is 0.531. The molecular formula is C12H19N. The largest absolute Gasteiger partial charge is 0.261 e. The van der Waals surface area contributed by atoms with Crippen molar-refractivity contribution in [2.75, 3.05) is 0 Å². The predicted molar refractivity (Wildman–Crippen MR) is 59.0 cm³/mol. The minimum absolute atomic E-state index is 0.629. The van der Waals surface area contributed by atoms with Crippen LogP contribution in [-0.4, -0.2) is 6.21 Å². The van der Waals surface area contributed by atoms with E-state index in [4.69, 9.17) is 0 Å². The molecule has 1 rings (SSSR count). The number of hydrogen-bond acceptors (Lipinski definition) is 1. The lowest BCUT2D eigenvalue weighted by Crippen LogP contribution is -2.06. The van der Waals surface area contributed by atoms with Crippen molar-refractivity contribution < 1.29 is 0 Å². The van der Waals surface area contributed by atoms with E-state index in [9.17, 15) is 0 Å². The van der Waals surface area contributed by atoms with Gasteiger partial charge in [-0.2, -0.15) is 0 Å². The molecule has 0 aromatic heterocycles. The quantitative estimate of drug-likeness (QED) is 0.570. The van der Waals surface area contributed by atoms with Gasteiger partial charge in [-0.15, -0.1) is 0 Å². The number of hydrogen-bond donors (Lipinski definition) is 0. The van der Waals surface area contributed by atoms with Crippen LogP contribution in [0.4, 0.5) is 0 Å². The van der Waals surface area contributed by atoms with E-state index in [1.165, 1.54) is 30.5 Å². The van der Waals surface area contributed by atoms with Gasteiger partial charge in [-0.25, -0.2) is 0 Å². The maximum absolute atomic E-state index is 4.50. The van der Waals surface area contributed by atoms with Gasteiger partial charge in [-0.1, -0.05) is 19.1 Å². The summed E-state index contributed by atoms with van der Waals surface area (Å²) in [6.45, 7) is 10.2. The second-order valence-corrected chi connectivity index (χ2v) is 4.06. The second-order valence-electron chi connectivity index (χ2n) is 4.06. The summed E-state index contributed by atoms with van der Waals surface area (Å²) in [5, 5.41) is 0. The average Bonchev–Trinajstić information content (AvgIpc) is 2.03. The molecular weight excluding hydrogens is 158 g/mol. The molecule has 72 valence electrons. The van der Waals surface area contributed by atoms with Crippen molar-refractivity contribution in [3.05, 3.63) is 23.4 Å². The van der Waals surface area contributed by atoms with Crippen molar-refractivity contribution in [3.63, 3.8) is 0 Å². The van der Waals surface area contributed by atoms with Gasteiger partial charge in [0.1, 0.15) is 0 Å². The van der Waals surface area contributed by atoms with Crippen molar-refractivity contribution in [1.82, 2.24) is 0 Å². The summed E-state index contributed by atoms with van der Waals surface area (Å²) in [6.07, 6.45) is 5.69. The molecule has 0 heterocycles. The van der Waals surface area contributed by atoms with E-state index in [0.29, 0.717) is 5.92 Å². The zero-order valence-corrected chi connectivity index (χ0v) is 8.93. The third-order valence-corrected chi connectivity index (χ3v) is 2.52. The van der Waals surface area contributed by atoms with Gasteiger partial charge < -0.3 is 0 Å². The Hall–Kier alpha value is -0.850. The number of rotatable bonds is 2. The Morgan fingerprint density at radius 2 is 2.31 bits per heavy atom. The van der Waals surface area contributed by atoms with Crippen molar-refractivity contribution >= 4 is 6.21 Å². The van der Waals surface area contributed by atoms with Gasteiger partial charge in [0.15, 0.2) is 0 Å². The van der Waals surface area contributed by atoms with Gasteiger partial charge in [0, 0.05) is 11.9 Å². The van der Waals surface area contributed by atoms with Crippen LogP contribution in [0.3, 0.4) is 0 Å². The van der Waals surface area contributed by atoms with E-state index in [1.807, 2.05) is 13.1 Å². The fraction of sp³-hybridized carbons (Fsp3) is 0.583. The van der Waals surface area contributed by atoms with Crippen LogP contribution in [0, 0.1) is 5.92 Å². The molecule has 0 fully saturated rings. The van der Waals surface area contributed by atoms with E-state index in [0.717, 1.165) is 5.57 Å². The highest BCUT2D eigenvalue weighted by Gasteiger charge is 2.15. The van der Waals surface area contributed by atoms with Crippen LogP contribution < -0.4 is 0 Å². The summed E-state index contributed by atoms with van der Waals surface area (Å²) < 4.78 is 0. The normalized spacial score (nSPS) is 24.1. The summed E-state index contributed by atoms with van der Waals surface area (Å²) in [5.74, 6) is 0.629. The van der Waals surface area contributed by atoms with E-state index in [1.54, 1.807) is 0 Å². The molecule has 0 aliphatic heterocycles. The van der Waals surface area contributed by atoms with E-state index < -0.39 is 0 Å². The third kappa shape index (κ3) is 2.83. The monoisotopic (exact) mass is 177 g/mol. The Labute approximate surface area is 81.3 Å². The predicted octanol–water partition coefficient (Wildman–Crippen LogP) is 3.73. The molecule has 1 aliphatic rings. The molecule has 0 saturated heterocycles. The highest BCUT2D eigenvalue weighted by Crippen LogP contribution is 2.30. The highest BCUT2D eigenvalue weighted by molar-refractivity contribution is 5.77. The first-order valence-corrected chi connectivity index (χ1v) is 5.00. The van der Waals surface area contributed by atoms with Crippen molar-refractivity contribution in [2.45, 2.75) is 40.0 Å². The molecule has 0 aromatic carbocycles. The lowest BCUT2D eigenvalue weighted by Gasteiger charge is -2.20. The molecule has 1 aliphatic carbocycles. The zero-order valence-electron chi connectivity index (χ0n) is 8.93. The first-order valence-electron chi connectivity index (χ1n) is 5.00. The summed E-state index contributed by atoms with van der Waals surface area (Å²) in [4.78, 5) is 4.50. The smallest absolute Gasteiger partial charge is 0.0421 e. The van der Waals surface area contributed by atoms with Crippen LogP contribution in [0.25, 0.3) is 0 Å². The molecule has 0 amide bonds. The molecule has 0 spiro atoms.